The van der Waals surface area contributed by atoms with Crippen LogP contribution in [0.5, 0.6) is 0 Å². The van der Waals surface area contributed by atoms with Crippen LogP contribution in [0, 0.1) is 24.2 Å². The van der Waals surface area contributed by atoms with Crippen molar-refractivity contribution in [2.75, 3.05) is 0 Å². The van der Waals surface area contributed by atoms with Crippen molar-refractivity contribution in [3.05, 3.63) is 33.8 Å². The van der Waals surface area contributed by atoms with Crippen LogP contribution >= 0.6 is 15.9 Å². The highest BCUT2D eigenvalue weighted by Crippen LogP contribution is 2.32. The van der Waals surface area contributed by atoms with E-state index in [0.29, 0.717) is 11.5 Å². The van der Waals surface area contributed by atoms with Crippen LogP contribution in [-0.4, -0.2) is 11.9 Å². The van der Waals surface area contributed by atoms with Gasteiger partial charge >= 0.3 is 0 Å². The minimum absolute atomic E-state index is 0.165. The van der Waals surface area contributed by atoms with Gasteiger partial charge in [0, 0.05) is 10.0 Å². The van der Waals surface area contributed by atoms with Gasteiger partial charge in [-0.05, 0) is 43.4 Å². The number of carbonyl (C=O) groups excluding carboxylic acids is 1. The summed E-state index contributed by atoms with van der Waals surface area (Å²) in [5.41, 5.74) is 1.54. The number of nitriles is 1. The van der Waals surface area contributed by atoms with Crippen molar-refractivity contribution in [2.24, 2.45) is 5.92 Å². The lowest BCUT2D eigenvalue weighted by molar-refractivity contribution is 0.0941. The highest BCUT2D eigenvalue weighted by atomic mass is 79.9. The zero-order valence-electron chi connectivity index (χ0n) is 9.53. The van der Waals surface area contributed by atoms with E-state index in [1.807, 2.05) is 19.1 Å². The molecule has 0 aliphatic heterocycles. The van der Waals surface area contributed by atoms with Crippen molar-refractivity contribution >= 4 is 21.8 Å². The van der Waals surface area contributed by atoms with Gasteiger partial charge in [-0.25, -0.2) is 0 Å². The second-order valence-corrected chi connectivity index (χ2v) is 5.29. The molecule has 1 saturated carbocycles. The normalized spacial score (nSPS) is 16.1. The molecule has 1 aromatic carbocycles. The first kappa shape index (κ1) is 12.1. The number of benzene rings is 1. The molecular weight excluding hydrogens is 280 g/mol. The van der Waals surface area contributed by atoms with E-state index in [1.165, 1.54) is 0 Å². The summed E-state index contributed by atoms with van der Waals surface area (Å²) in [6.45, 7) is 1.89. The first-order valence-corrected chi connectivity index (χ1v) is 6.37. The standard InChI is InChI=1S/C13H13BrN2O/c1-8-2-5-10(14)6-11(8)13(17)16-12(7-15)9-3-4-9/h2,5-6,9,12H,3-4H2,1H3,(H,16,17). The summed E-state index contributed by atoms with van der Waals surface area (Å²) in [5.74, 6) is 0.179. The van der Waals surface area contributed by atoms with Gasteiger partial charge in [-0.15, -0.1) is 0 Å². The number of aryl methyl sites for hydroxylation is 1. The topological polar surface area (TPSA) is 52.9 Å². The van der Waals surface area contributed by atoms with Crippen LogP contribution in [0.4, 0.5) is 0 Å². The number of carbonyl (C=O) groups is 1. The summed E-state index contributed by atoms with van der Waals surface area (Å²) >= 11 is 3.34. The van der Waals surface area contributed by atoms with Gasteiger partial charge in [0.1, 0.15) is 6.04 Å². The third kappa shape index (κ3) is 2.86. The zero-order valence-corrected chi connectivity index (χ0v) is 11.1. The van der Waals surface area contributed by atoms with Gasteiger partial charge in [-0.1, -0.05) is 22.0 Å². The van der Waals surface area contributed by atoms with E-state index in [1.54, 1.807) is 6.07 Å². The second-order valence-electron chi connectivity index (χ2n) is 4.38. The summed E-state index contributed by atoms with van der Waals surface area (Å²) in [6, 6.07) is 7.38. The Bertz CT molecular complexity index is 489. The van der Waals surface area contributed by atoms with Gasteiger partial charge in [0.25, 0.3) is 5.91 Å². The fraction of sp³-hybridized carbons (Fsp3) is 0.385. The van der Waals surface area contributed by atoms with Gasteiger partial charge in [0.05, 0.1) is 6.07 Å². The predicted octanol–water partition coefficient (Wildman–Crippen LogP) is 2.79. The molecule has 1 N–H and O–H groups in total. The number of hydrogen-bond acceptors (Lipinski definition) is 2. The second kappa shape index (κ2) is 4.89. The molecule has 0 saturated heterocycles. The highest BCUT2D eigenvalue weighted by molar-refractivity contribution is 9.10. The van der Waals surface area contributed by atoms with Gasteiger partial charge < -0.3 is 5.32 Å². The van der Waals surface area contributed by atoms with Crippen LogP contribution in [0.25, 0.3) is 0 Å². The lowest BCUT2D eigenvalue weighted by Crippen LogP contribution is -2.35. The third-order valence-electron chi connectivity index (χ3n) is 2.96. The first-order valence-electron chi connectivity index (χ1n) is 5.58. The molecule has 4 heteroatoms. The summed E-state index contributed by atoms with van der Waals surface area (Å²) in [4.78, 5) is 12.0. The average molecular weight is 293 g/mol. The maximum atomic E-state index is 12.0. The van der Waals surface area contributed by atoms with Crippen molar-refractivity contribution in [1.82, 2.24) is 5.32 Å². The van der Waals surface area contributed by atoms with Crippen LogP contribution < -0.4 is 5.32 Å². The number of rotatable bonds is 3. The van der Waals surface area contributed by atoms with Gasteiger partial charge in [-0.2, -0.15) is 5.26 Å². The molecule has 1 atom stereocenters. The van der Waals surface area contributed by atoms with E-state index in [0.717, 1.165) is 22.9 Å². The molecule has 0 radical (unpaired) electrons. The molecule has 88 valence electrons. The Hall–Kier alpha value is -1.34. The Morgan fingerprint density at radius 2 is 2.29 bits per heavy atom. The molecule has 0 spiro atoms. The van der Waals surface area contributed by atoms with Crippen molar-refractivity contribution in [3.63, 3.8) is 0 Å². The van der Waals surface area contributed by atoms with E-state index < -0.39 is 0 Å². The van der Waals surface area contributed by atoms with E-state index in [9.17, 15) is 4.79 Å². The first-order chi connectivity index (χ1) is 8.11. The molecule has 1 unspecified atom stereocenters. The summed E-state index contributed by atoms with van der Waals surface area (Å²) in [7, 11) is 0. The predicted molar refractivity (Wildman–Crippen MR) is 68.5 cm³/mol. The van der Waals surface area contributed by atoms with Crippen LogP contribution in [0.3, 0.4) is 0 Å². The molecule has 1 amide bonds. The quantitative estimate of drug-likeness (QED) is 0.931. The van der Waals surface area contributed by atoms with Crippen molar-refractivity contribution in [1.29, 1.82) is 5.26 Å². The molecule has 0 heterocycles. The van der Waals surface area contributed by atoms with Crippen LogP contribution in [0.1, 0.15) is 28.8 Å². The zero-order chi connectivity index (χ0) is 12.4. The Balaban J connectivity index is 2.13. The largest absolute Gasteiger partial charge is 0.336 e. The van der Waals surface area contributed by atoms with Crippen LogP contribution in [-0.2, 0) is 0 Å². The van der Waals surface area contributed by atoms with Crippen molar-refractivity contribution in [2.45, 2.75) is 25.8 Å². The molecule has 2 rings (SSSR count). The van der Waals surface area contributed by atoms with E-state index >= 15 is 0 Å². The Morgan fingerprint density at radius 3 is 2.88 bits per heavy atom. The van der Waals surface area contributed by atoms with Gasteiger partial charge in [0.15, 0.2) is 0 Å². The molecular formula is C13H13BrN2O. The van der Waals surface area contributed by atoms with Crippen molar-refractivity contribution < 1.29 is 4.79 Å². The summed E-state index contributed by atoms with van der Waals surface area (Å²) in [5, 5.41) is 11.8. The lowest BCUT2D eigenvalue weighted by Gasteiger charge is -2.12. The minimum atomic E-state index is -0.346. The number of hydrogen-bond donors (Lipinski definition) is 1. The smallest absolute Gasteiger partial charge is 0.252 e. The maximum Gasteiger partial charge on any atom is 0.252 e. The molecule has 1 aliphatic rings. The van der Waals surface area contributed by atoms with Crippen LogP contribution in [0.2, 0.25) is 0 Å². The third-order valence-corrected chi connectivity index (χ3v) is 3.46. The van der Waals surface area contributed by atoms with Crippen LogP contribution in [0.15, 0.2) is 22.7 Å². The molecule has 17 heavy (non-hydrogen) atoms. The van der Waals surface area contributed by atoms with E-state index in [2.05, 4.69) is 27.3 Å². The monoisotopic (exact) mass is 292 g/mol. The van der Waals surface area contributed by atoms with Gasteiger partial charge in [0.2, 0.25) is 0 Å². The molecule has 1 fully saturated rings. The number of nitrogens with zero attached hydrogens (tertiary/aromatic N) is 1. The highest BCUT2D eigenvalue weighted by Gasteiger charge is 2.32. The van der Waals surface area contributed by atoms with Crippen molar-refractivity contribution in [3.8, 4) is 6.07 Å². The molecule has 3 nitrogen and oxygen atoms in total. The fourth-order valence-electron chi connectivity index (χ4n) is 1.74. The summed E-state index contributed by atoms with van der Waals surface area (Å²) in [6.07, 6.45) is 2.08. The lowest BCUT2D eigenvalue weighted by atomic mass is 10.1. The van der Waals surface area contributed by atoms with E-state index in [4.69, 9.17) is 5.26 Å². The number of nitrogens with one attached hydrogen (secondary N) is 1. The maximum absolute atomic E-state index is 12.0. The van der Waals surface area contributed by atoms with Gasteiger partial charge in [-0.3, -0.25) is 4.79 Å². The molecule has 0 aromatic heterocycles. The number of amides is 1. The Labute approximate surface area is 109 Å². The number of halogens is 1. The summed E-state index contributed by atoms with van der Waals surface area (Å²) < 4.78 is 0.869. The van der Waals surface area contributed by atoms with E-state index in [-0.39, 0.29) is 11.9 Å². The molecule has 1 aliphatic carbocycles. The average Bonchev–Trinajstić information content (AvgIpc) is 3.13. The Morgan fingerprint density at radius 1 is 1.59 bits per heavy atom. The minimum Gasteiger partial charge on any atom is -0.336 e. The SMILES string of the molecule is Cc1ccc(Br)cc1C(=O)NC(C#N)C1CC1. The molecule has 1 aromatic rings. The Kier molecular flexibility index (Phi) is 3.49. The fourth-order valence-corrected chi connectivity index (χ4v) is 2.10. The molecule has 0 bridgehead atoms.